The summed E-state index contributed by atoms with van der Waals surface area (Å²) in [6.07, 6.45) is 0.532. The van der Waals surface area contributed by atoms with Gasteiger partial charge in [-0.3, -0.25) is 0 Å². The van der Waals surface area contributed by atoms with Crippen LogP contribution in [0.5, 0.6) is 5.75 Å². The van der Waals surface area contributed by atoms with Gasteiger partial charge in [-0.05, 0) is 30.2 Å². The summed E-state index contributed by atoms with van der Waals surface area (Å²) < 4.78 is 18.8. The van der Waals surface area contributed by atoms with Gasteiger partial charge in [0, 0.05) is 22.7 Å². The Morgan fingerprint density at radius 3 is 2.68 bits per heavy atom. The van der Waals surface area contributed by atoms with E-state index in [-0.39, 0.29) is 5.82 Å². The molecule has 0 radical (unpaired) electrons. The van der Waals surface area contributed by atoms with Crippen LogP contribution in [0.1, 0.15) is 17.2 Å². The van der Waals surface area contributed by atoms with Crippen LogP contribution in [-0.4, -0.2) is 7.11 Å². The average molecular weight is 280 g/mol. The van der Waals surface area contributed by atoms with Crippen molar-refractivity contribution in [2.24, 2.45) is 5.73 Å². The molecule has 0 aliphatic carbocycles. The molecule has 0 amide bonds. The van der Waals surface area contributed by atoms with Crippen LogP contribution < -0.4 is 10.5 Å². The fraction of sp³-hybridized carbons (Fsp3) is 0.200. The number of ether oxygens (including phenoxy) is 1. The molecule has 100 valence electrons. The van der Waals surface area contributed by atoms with Gasteiger partial charge in [-0.1, -0.05) is 29.8 Å². The van der Waals surface area contributed by atoms with E-state index < -0.39 is 6.04 Å². The first-order valence-corrected chi connectivity index (χ1v) is 6.31. The molecule has 2 aromatic rings. The number of benzene rings is 2. The molecular formula is C15H15ClFNO. The van der Waals surface area contributed by atoms with Gasteiger partial charge < -0.3 is 10.5 Å². The maximum atomic E-state index is 13.9. The Labute approximate surface area is 117 Å². The van der Waals surface area contributed by atoms with E-state index in [0.717, 1.165) is 5.56 Å². The van der Waals surface area contributed by atoms with E-state index in [1.54, 1.807) is 18.2 Å². The van der Waals surface area contributed by atoms with Gasteiger partial charge in [-0.15, -0.1) is 0 Å². The van der Waals surface area contributed by atoms with Crippen molar-refractivity contribution in [1.82, 2.24) is 0 Å². The number of nitrogens with two attached hydrogens (primary N) is 1. The molecule has 0 fully saturated rings. The summed E-state index contributed by atoms with van der Waals surface area (Å²) >= 11 is 5.91. The third-order valence-corrected chi connectivity index (χ3v) is 3.19. The average Bonchev–Trinajstić information content (AvgIpc) is 2.38. The number of methoxy groups -OCH3 is 1. The summed E-state index contributed by atoms with van der Waals surface area (Å²) in [4.78, 5) is 0. The van der Waals surface area contributed by atoms with E-state index in [1.165, 1.54) is 13.2 Å². The third-order valence-electron chi connectivity index (χ3n) is 2.95. The molecule has 4 heteroatoms. The summed E-state index contributed by atoms with van der Waals surface area (Å²) in [5.74, 6) is 0.130. The van der Waals surface area contributed by atoms with E-state index in [0.29, 0.717) is 22.8 Å². The van der Waals surface area contributed by atoms with Crippen LogP contribution in [0.2, 0.25) is 5.02 Å². The number of rotatable bonds is 4. The Morgan fingerprint density at radius 1 is 1.26 bits per heavy atom. The second kappa shape index (κ2) is 6.04. The topological polar surface area (TPSA) is 35.2 Å². The molecule has 1 unspecified atom stereocenters. The second-order valence-corrected chi connectivity index (χ2v) is 4.76. The molecule has 2 nitrogen and oxygen atoms in total. The summed E-state index contributed by atoms with van der Waals surface area (Å²) in [5.41, 5.74) is 7.50. The van der Waals surface area contributed by atoms with Crippen molar-refractivity contribution in [2.45, 2.75) is 12.5 Å². The highest BCUT2D eigenvalue weighted by Gasteiger charge is 2.13. The van der Waals surface area contributed by atoms with Crippen molar-refractivity contribution in [1.29, 1.82) is 0 Å². The fourth-order valence-corrected chi connectivity index (χ4v) is 2.18. The van der Waals surface area contributed by atoms with E-state index >= 15 is 0 Å². The number of hydrogen-bond donors (Lipinski definition) is 1. The first-order valence-electron chi connectivity index (χ1n) is 5.93. The van der Waals surface area contributed by atoms with Crippen LogP contribution >= 0.6 is 11.6 Å². The molecule has 0 bridgehead atoms. The van der Waals surface area contributed by atoms with Crippen molar-refractivity contribution in [3.8, 4) is 5.75 Å². The van der Waals surface area contributed by atoms with Crippen molar-refractivity contribution in [3.05, 3.63) is 64.4 Å². The van der Waals surface area contributed by atoms with Gasteiger partial charge in [-0.2, -0.15) is 0 Å². The van der Waals surface area contributed by atoms with Gasteiger partial charge in [0.2, 0.25) is 0 Å². The standard InChI is InChI=1S/C15H15ClFNO/c1-19-12-5-6-13(14(17)9-12)15(18)8-10-3-2-4-11(16)7-10/h2-7,9,15H,8,18H2,1H3. The Kier molecular flexibility index (Phi) is 4.40. The minimum absolute atomic E-state index is 0.353. The number of halogens is 2. The molecule has 0 saturated heterocycles. The van der Waals surface area contributed by atoms with Crippen LogP contribution in [0, 0.1) is 5.82 Å². The largest absolute Gasteiger partial charge is 0.497 e. The van der Waals surface area contributed by atoms with E-state index in [4.69, 9.17) is 22.1 Å². The molecule has 0 aliphatic rings. The number of hydrogen-bond acceptors (Lipinski definition) is 2. The van der Waals surface area contributed by atoms with Crippen LogP contribution in [-0.2, 0) is 6.42 Å². The first kappa shape index (κ1) is 13.8. The maximum absolute atomic E-state index is 13.9. The first-order chi connectivity index (χ1) is 9.10. The predicted octanol–water partition coefficient (Wildman–Crippen LogP) is 3.73. The van der Waals surface area contributed by atoms with Gasteiger partial charge in [0.05, 0.1) is 7.11 Å². The van der Waals surface area contributed by atoms with Crippen LogP contribution in [0.15, 0.2) is 42.5 Å². The van der Waals surface area contributed by atoms with Crippen LogP contribution in [0.4, 0.5) is 4.39 Å². The van der Waals surface area contributed by atoms with Gasteiger partial charge in [0.15, 0.2) is 0 Å². The monoisotopic (exact) mass is 279 g/mol. The Hall–Kier alpha value is -1.58. The summed E-state index contributed by atoms with van der Waals surface area (Å²) in [5, 5.41) is 0.653. The van der Waals surface area contributed by atoms with E-state index in [1.807, 2.05) is 18.2 Å². The molecule has 2 N–H and O–H groups in total. The lowest BCUT2D eigenvalue weighted by Gasteiger charge is -2.14. The SMILES string of the molecule is COc1ccc(C(N)Cc2cccc(Cl)c2)c(F)c1. The minimum Gasteiger partial charge on any atom is -0.497 e. The molecule has 0 aromatic heterocycles. The lowest BCUT2D eigenvalue weighted by Crippen LogP contribution is -2.15. The molecule has 0 aliphatic heterocycles. The summed E-state index contributed by atoms with van der Waals surface area (Å²) in [6.45, 7) is 0. The Balaban J connectivity index is 2.18. The van der Waals surface area contributed by atoms with E-state index in [9.17, 15) is 4.39 Å². The van der Waals surface area contributed by atoms with Crippen LogP contribution in [0.3, 0.4) is 0 Å². The summed E-state index contributed by atoms with van der Waals surface area (Å²) in [7, 11) is 1.50. The van der Waals surface area contributed by atoms with Crippen molar-refractivity contribution >= 4 is 11.6 Å². The van der Waals surface area contributed by atoms with Gasteiger partial charge >= 0.3 is 0 Å². The predicted molar refractivity (Wildman–Crippen MR) is 75.0 cm³/mol. The molecular weight excluding hydrogens is 265 g/mol. The normalized spacial score (nSPS) is 12.2. The van der Waals surface area contributed by atoms with Crippen LogP contribution in [0.25, 0.3) is 0 Å². The Morgan fingerprint density at radius 2 is 2.05 bits per heavy atom. The van der Waals surface area contributed by atoms with E-state index in [2.05, 4.69) is 0 Å². The molecule has 1 atom stereocenters. The maximum Gasteiger partial charge on any atom is 0.131 e. The fourth-order valence-electron chi connectivity index (χ4n) is 1.96. The second-order valence-electron chi connectivity index (χ2n) is 4.33. The van der Waals surface area contributed by atoms with Gasteiger partial charge in [0.25, 0.3) is 0 Å². The zero-order valence-corrected chi connectivity index (χ0v) is 11.3. The third kappa shape index (κ3) is 3.46. The smallest absolute Gasteiger partial charge is 0.131 e. The molecule has 19 heavy (non-hydrogen) atoms. The van der Waals surface area contributed by atoms with Crippen molar-refractivity contribution < 1.29 is 9.13 Å². The van der Waals surface area contributed by atoms with Crippen molar-refractivity contribution in [3.63, 3.8) is 0 Å². The van der Waals surface area contributed by atoms with Gasteiger partial charge in [0.1, 0.15) is 11.6 Å². The zero-order chi connectivity index (χ0) is 13.8. The minimum atomic E-state index is -0.413. The lowest BCUT2D eigenvalue weighted by atomic mass is 9.99. The molecule has 2 aromatic carbocycles. The highest BCUT2D eigenvalue weighted by molar-refractivity contribution is 6.30. The molecule has 0 saturated carbocycles. The lowest BCUT2D eigenvalue weighted by molar-refractivity contribution is 0.410. The molecule has 2 rings (SSSR count). The highest BCUT2D eigenvalue weighted by Crippen LogP contribution is 2.23. The highest BCUT2D eigenvalue weighted by atomic mass is 35.5. The quantitative estimate of drug-likeness (QED) is 0.925. The zero-order valence-electron chi connectivity index (χ0n) is 10.6. The Bertz CT molecular complexity index is 574. The molecule has 0 heterocycles. The summed E-state index contributed by atoms with van der Waals surface area (Å²) in [6, 6.07) is 11.7. The van der Waals surface area contributed by atoms with Gasteiger partial charge in [-0.25, -0.2) is 4.39 Å². The van der Waals surface area contributed by atoms with Crippen molar-refractivity contribution in [2.75, 3.05) is 7.11 Å². The molecule has 0 spiro atoms.